The van der Waals surface area contributed by atoms with Gasteiger partial charge in [0.1, 0.15) is 0 Å². The number of halogens is 1. The van der Waals surface area contributed by atoms with Gasteiger partial charge in [0, 0.05) is 27.8 Å². The number of carbonyl (C=O) groups excluding carboxylic acids is 1. The Bertz CT molecular complexity index is 802. The molecule has 0 saturated heterocycles. The van der Waals surface area contributed by atoms with Crippen LogP contribution in [0.15, 0.2) is 78.9 Å². The zero-order valence-corrected chi connectivity index (χ0v) is 13.5. The maximum atomic E-state index is 11.9. The monoisotopic (exact) mass is 337 g/mol. The van der Waals surface area contributed by atoms with Crippen LogP contribution in [0.5, 0.6) is 0 Å². The topological polar surface area (TPSA) is 53.2 Å². The van der Waals surface area contributed by atoms with E-state index in [9.17, 15) is 4.79 Å². The van der Waals surface area contributed by atoms with Crippen LogP contribution in [0.1, 0.15) is 0 Å². The van der Waals surface area contributed by atoms with Crippen molar-refractivity contribution in [3.8, 4) is 0 Å². The molecule has 0 saturated carbocycles. The average molecular weight is 338 g/mol. The molecule has 0 heterocycles. The molecule has 0 bridgehead atoms. The van der Waals surface area contributed by atoms with Crippen LogP contribution in [0.4, 0.5) is 27.5 Å². The molecule has 120 valence electrons. The molecule has 0 atom stereocenters. The molecule has 0 radical (unpaired) electrons. The van der Waals surface area contributed by atoms with Crippen molar-refractivity contribution in [1.29, 1.82) is 0 Å². The predicted octanol–water partition coefficient (Wildman–Crippen LogP) is 5.73. The van der Waals surface area contributed by atoms with E-state index in [0.29, 0.717) is 10.7 Å². The molecule has 2 amide bonds. The first-order valence-electron chi connectivity index (χ1n) is 7.45. The molecule has 3 aromatic carbocycles. The minimum atomic E-state index is -0.278. The van der Waals surface area contributed by atoms with Crippen LogP contribution in [-0.4, -0.2) is 6.03 Å². The van der Waals surface area contributed by atoms with Crippen LogP contribution >= 0.6 is 11.6 Å². The van der Waals surface area contributed by atoms with E-state index in [1.807, 2.05) is 78.9 Å². The van der Waals surface area contributed by atoms with E-state index in [0.717, 1.165) is 17.1 Å². The highest BCUT2D eigenvalue weighted by molar-refractivity contribution is 6.30. The predicted molar refractivity (Wildman–Crippen MR) is 100 cm³/mol. The Morgan fingerprint density at radius 2 is 1.08 bits per heavy atom. The lowest BCUT2D eigenvalue weighted by molar-refractivity contribution is 0.262. The highest BCUT2D eigenvalue weighted by Crippen LogP contribution is 2.20. The number of hydrogen-bond acceptors (Lipinski definition) is 2. The SMILES string of the molecule is O=C(Nc1ccccc1)Nc1ccc(Nc2ccc(Cl)cc2)cc1. The Morgan fingerprint density at radius 1 is 0.625 bits per heavy atom. The summed E-state index contributed by atoms with van der Waals surface area (Å²) in [5.41, 5.74) is 3.33. The third-order valence-corrected chi connectivity index (χ3v) is 3.56. The van der Waals surface area contributed by atoms with E-state index < -0.39 is 0 Å². The second kappa shape index (κ2) is 7.53. The van der Waals surface area contributed by atoms with Crippen LogP contribution in [-0.2, 0) is 0 Å². The molecule has 24 heavy (non-hydrogen) atoms. The lowest BCUT2D eigenvalue weighted by atomic mass is 10.2. The highest BCUT2D eigenvalue weighted by Gasteiger charge is 2.02. The molecule has 0 aliphatic heterocycles. The van der Waals surface area contributed by atoms with Gasteiger partial charge in [-0.3, -0.25) is 0 Å². The maximum Gasteiger partial charge on any atom is 0.323 e. The quantitative estimate of drug-likeness (QED) is 0.569. The molecule has 0 fully saturated rings. The van der Waals surface area contributed by atoms with Crippen molar-refractivity contribution < 1.29 is 4.79 Å². The minimum Gasteiger partial charge on any atom is -0.356 e. The van der Waals surface area contributed by atoms with Crippen molar-refractivity contribution in [3.63, 3.8) is 0 Å². The maximum absolute atomic E-state index is 11.9. The number of urea groups is 1. The summed E-state index contributed by atoms with van der Waals surface area (Å²) in [5, 5.41) is 9.53. The van der Waals surface area contributed by atoms with Gasteiger partial charge in [0.15, 0.2) is 0 Å². The van der Waals surface area contributed by atoms with E-state index in [-0.39, 0.29) is 6.03 Å². The third kappa shape index (κ3) is 4.51. The first-order valence-corrected chi connectivity index (χ1v) is 7.82. The molecule has 3 aromatic rings. The van der Waals surface area contributed by atoms with E-state index in [4.69, 9.17) is 11.6 Å². The molecular weight excluding hydrogens is 322 g/mol. The van der Waals surface area contributed by atoms with Crippen molar-refractivity contribution in [2.75, 3.05) is 16.0 Å². The second-order valence-electron chi connectivity index (χ2n) is 5.15. The van der Waals surface area contributed by atoms with Crippen LogP contribution in [0.25, 0.3) is 0 Å². The van der Waals surface area contributed by atoms with Gasteiger partial charge in [0.05, 0.1) is 0 Å². The third-order valence-electron chi connectivity index (χ3n) is 3.31. The summed E-state index contributed by atoms with van der Waals surface area (Å²) in [6.07, 6.45) is 0. The number of carbonyl (C=O) groups is 1. The number of para-hydroxylation sites is 1. The van der Waals surface area contributed by atoms with Crippen LogP contribution in [0.2, 0.25) is 5.02 Å². The van der Waals surface area contributed by atoms with Crippen LogP contribution in [0, 0.1) is 0 Å². The molecule has 4 nitrogen and oxygen atoms in total. The fraction of sp³-hybridized carbons (Fsp3) is 0. The van der Waals surface area contributed by atoms with E-state index in [2.05, 4.69) is 16.0 Å². The summed E-state index contributed by atoms with van der Waals surface area (Å²) in [6.45, 7) is 0. The normalized spacial score (nSPS) is 10.0. The Balaban J connectivity index is 1.58. The molecule has 5 heteroatoms. The molecule has 0 aromatic heterocycles. The van der Waals surface area contributed by atoms with Crippen molar-refractivity contribution in [2.45, 2.75) is 0 Å². The van der Waals surface area contributed by atoms with Gasteiger partial charge in [0.25, 0.3) is 0 Å². The van der Waals surface area contributed by atoms with Crippen molar-refractivity contribution in [1.82, 2.24) is 0 Å². The average Bonchev–Trinajstić information content (AvgIpc) is 2.59. The molecule has 0 spiro atoms. The summed E-state index contributed by atoms with van der Waals surface area (Å²) in [5.74, 6) is 0. The van der Waals surface area contributed by atoms with Gasteiger partial charge in [-0.25, -0.2) is 4.79 Å². The lowest BCUT2D eigenvalue weighted by Gasteiger charge is -2.10. The first kappa shape index (κ1) is 15.9. The van der Waals surface area contributed by atoms with Crippen LogP contribution in [0.3, 0.4) is 0 Å². The smallest absolute Gasteiger partial charge is 0.323 e. The Kier molecular flexibility index (Phi) is 4.99. The van der Waals surface area contributed by atoms with Gasteiger partial charge in [-0.1, -0.05) is 29.8 Å². The van der Waals surface area contributed by atoms with Gasteiger partial charge in [-0.05, 0) is 60.7 Å². The zero-order valence-electron chi connectivity index (χ0n) is 12.8. The number of anilines is 4. The standard InChI is InChI=1S/C19H16ClN3O/c20-14-6-8-16(9-7-14)21-17-10-12-18(13-11-17)23-19(24)22-15-4-2-1-3-5-15/h1-13,21H,(H2,22,23,24). The largest absolute Gasteiger partial charge is 0.356 e. The second-order valence-corrected chi connectivity index (χ2v) is 5.59. The summed E-state index contributed by atoms with van der Waals surface area (Å²) in [4.78, 5) is 11.9. The van der Waals surface area contributed by atoms with E-state index in [1.165, 1.54) is 0 Å². The van der Waals surface area contributed by atoms with Gasteiger partial charge in [-0.15, -0.1) is 0 Å². The molecule has 3 rings (SSSR count). The highest BCUT2D eigenvalue weighted by atomic mass is 35.5. The summed E-state index contributed by atoms with van der Waals surface area (Å²) in [7, 11) is 0. The molecule has 0 aliphatic rings. The summed E-state index contributed by atoms with van der Waals surface area (Å²) >= 11 is 5.87. The Morgan fingerprint density at radius 3 is 1.67 bits per heavy atom. The van der Waals surface area contributed by atoms with Gasteiger partial charge >= 0.3 is 6.03 Å². The van der Waals surface area contributed by atoms with E-state index >= 15 is 0 Å². The van der Waals surface area contributed by atoms with Crippen molar-refractivity contribution in [2.24, 2.45) is 0 Å². The molecular formula is C19H16ClN3O. The molecule has 0 aliphatic carbocycles. The number of benzene rings is 3. The minimum absolute atomic E-state index is 0.278. The lowest BCUT2D eigenvalue weighted by Crippen LogP contribution is -2.19. The van der Waals surface area contributed by atoms with Crippen LogP contribution < -0.4 is 16.0 Å². The van der Waals surface area contributed by atoms with Gasteiger partial charge in [-0.2, -0.15) is 0 Å². The first-order chi connectivity index (χ1) is 11.7. The number of amides is 2. The fourth-order valence-corrected chi connectivity index (χ4v) is 2.28. The fourth-order valence-electron chi connectivity index (χ4n) is 2.15. The summed E-state index contributed by atoms with van der Waals surface area (Å²) in [6, 6.07) is 23.9. The number of hydrogen-bond donors (Lipinski definition) is 3. The van der Waals surface area contributed by atoms with Gasteiger partial charge in [0.2, 0.25) is 0 Å². The van der Waals surface area contributed by atoms with Crippen molar-refractivity contribution in [3.05, 3.63) is 83.9 Å². The number of rotatable bonds is 4. The van der Waals surface area contributed by atoms with Crippen molar-refractivity contribution >= 4 is 40.4 Å². The molecule has 3 N–H and O–H groups in total. The number of nitrogens with one attached hydrogen (secondary N) is 3. The Hall–Kier alpha value is -2.98. The molecule has 0 unspecified atom stereocenters. The van der Waals surface area contributed by atoms with E-state index in [1.54, 1.807) is 0 Å². The Labute approximate surface area is 145 Å². The van der Waals surface area contributed by atoms with Gasteiger partial charge < -0.3 is 16.0 Å². The zero-order chi connectivity index (χ0) is 16.8. The summed E-state index contributed by atoms with van der Waals surface area (Å²) < 4.78 is 0.